The van der Waals surface area contributed by atoms with Crippen molar-refractivity contribution in [1.29, 1.82) is 5.41 Å². The van der Waals surface area contributed by atoms with Crippen LogP contribution in [0.4, 0.5) is 10.1 Å². The molecule has 0 saturated carbocycles. The molecule has 0 amide bonds. The lowest BCUT2D eigenvalue weighted by molar-refractivity contribution is 0.134. The van der Waals surface area contributed by atoms with E-state index in [1.165, 1.54) is 12.4 Å². The van der Waals surface area contributed by atoms with Crippen molar-refractivity contribution in [2.24, 2.45) is 0 Å². The molecule has 0 aliphatic carbocycles. The van der Waals surface area contributed by atoms with E-state index in [9.17, 15) is 4.39 Å². The van der Waals surface area contributed by atoms with Crippen molar-refractivity contribution in [2.45, 2.75) is 18.8 Å². The average Bonchev–Trinajstić information content (AvgIpc) is 3.38. The topological polar surface area (TPSA) is 84.2 Å². The van der Waals surface area contributed by atoms with Crippen molar-refractivity contribution < 1.29 is 13.4 Å². The van der Waals surface area contributed by atoms with E-state index >= 15 is 0 Å². The van der Waals surface area contributed by atoms with Crippen LogP contribution in [0.3, 0.4) is 0 Å². The summed E-state index contributed by atoms with van der Waals surface area (Å²) in [5.74, 6) is 0.505. The van der Waals surface area contributed by atoms with E-state index in [-0.39, 0.29) is 18.2 Å². The molecule has 0 bridgehead atoms. The highest BCUT2D eigenvalue weighted by molar-refractivity contribution is 6.31. The highest BCUT2D eigenvalue weighted by Gasteiger charge is 2.29. The third-order valence-corrected chi connectivity index (χ3v) is 5.55. The van der Waals surface area contributed by atoms with Gasteiger partial charge in [0.05, 0.1) is 23.3 Å². The van der Waals surface area contributed by atoms with Crippen molar-refractivity contribution in [1.82, 2.24) is 14.9 Å². The number of benzene rings is 1. The highest BCUT2D eigenvalue weighted by atomic mass is 35.5. The molecule has 2 unspecified atom stereocenters. The molecule has 3 heterocycles. The third kappa shape index (κ3) is 4.61. The van der Waals surface area contributed by atoms with Crippen molar-refractivity contribution >= 4 is 35.4 Å². The zero-order valence-corrected chi connectivity index (χ0v) is 17.8. The van der Waals surface area contributed by atoms with Crippen molar-refractivity contribution in [3.8, 4) is 17.3 Å². The SMILES string of the molecule is N=Cc1c(NCc2ccccc2Cl)ccn1-c1cc(OC2CNCC2F)ncc1OCl. The van der Waals surface area contributed by atoms with Crippen LogP contribution in [0, 0.1) is 5.41 Å². The average molecular weight is 464 g/mol. The molecule has 4 rings (SSSR count). The van der Waals surface area contributed by atoms with Crippen molar-refractivity contribution in [2.75, 3.05) is 18.4 Å². The summed E-state index contributed by atoms with van der Waals surface area (Å²) in [4.78, 5) is 4.15. The van der Waals surface area contributed by atoms with E-state index in [1.807, 2.05) is 30.3 Å². The normalized spacial score (nSPS) is 18.0. The molecule has 7 nitrogen and oxygen atoms in total. The number of hydrogen-bond acceptors (Lipinski definition) is 6. The Morgan fingerprint density at radius 3 is 2.87 bits per heavy atom. The fourth-order valence-corrected chi connectivity index (χ4v) is 3.72. The van der Waals surface area contributed by atoms with E-state index in [2.05, 4.69) is 15.6 Å². The van der Waals surface area contributed by atoms with Crippen LogP contribution in [0.5, 0.6) is 11.6 Å². The molecule has 0 radical (unpaired) electrons. The van der Waals surface area contributed by atoms with Gasteiger partial charge in [0.2, 0.25) is 5.88 Å². The van der Waals surface area contributed by atoms with Gasteiger partial charge in [0.25, 0.3) is 0 Å². The van der Waals surface area contributed by atoms with E-state index in [4.69, 9.17) is 37.9 Å². The summed E-state index contributed by atoms with van der Waals surface area (Å²) in [7, 11) is 0. The molecule has 0 spiro atoms. The maximum atomic E-state index is 13.9. The molecular weight excluding hydrogens is 444 g/mol. The Hall–Kier alpha value is -2.81. The summed E-state index contributed by atoms with van der Waals surface area (Å²) >= 11 is 11.9. The van der Waals surface area contributed by atoms with E-state index in [1.54, 1.807) is 16.8 Å². The lowest BCUT2D eigenvalue weighted by Gasteiger charge is -2.16. The Kier molecular flexibility index (Phi) is 6.60. The molecule has 10 heteroatoms. The van der Waals surface area contributed by atoms with E-state index in [0.29, 0.717) is 29.5 Å². The standard InChI is InChI=1S/C21H20Cl2FN5O2/c22-14-4-2-1-3-13(14)9-27-16-5-6-29(18(16)8-25)17-7-21(28-12-20(17)31-23)30-19-11-26-10-15(19)24/h1-8,12,15,19,25-27H,9-11H2. The first-order valence-electron chi connectivity index (χ1n) is 9.60. The summed E-state index contributed by atoms with van der Waals surface area (Å²) in [5.41, 5.74) is 2.72. The lowest BCUT2D eigenvalue weighted by atomic mass is 10.2. The summed E-state index contributed by atoms with van der Waals surface area (Å²) in [6, 6.07) is 11.0. The number of anilines is 1. The van der Waals surface area contributed by atoms with Gasteiger partial charge in [-0.3, -0.25) is 0 Å². The first-order chi connectivity index (χ1) is 15.1. The molecular formula is C21H20Cl2FN5O2. The summed E-state index contributed by atoms with van der Waals surface area (Å²) in [6.45, 7) is 1.13. The number of pyridine rings is 1. The minimum atomic E-state index is -1.11. The van der Waals surface area contributed by atoms with Crippen LogP contribution in [0.1, 0.15) is 11.3 Å². The maximum Gasteiger partial charge on any atom is 0.216 e. The Labute approximate surface area is 188 Å². The molecule has 2 aromatic heterocycles. The second-order valence-electron chi connectivity index (χ2n) is 6.97. The fourth-order valence-electron chi connectivity index (χ4n) is 3.40. The Morgan fingerprint density at radius 2 is 2.16 bits per heavy atom. The van der Waals surface area contributed by atoms with Gasteiger partial charge in [-0.25, -0.2) is 9.37 Å². The van der Waals surface area contributed by atoms with Crippen LogP contribution in [0.25, 0.3) is 5.69 Å². The van der Waals surface area contributed by atoms with Crippen molar-refractivity contribution in [3.05, 3.63) is 65.1 Å². The number of hydrogen-bond donors (Lipinski definition) is 3. The van der Waals surface area contributed by atoms with Crippen LogP contribution in [-0.4, -0.2) is 41.1 Å². The fraction of sp³-hybridized carbons (Fsp3) is 0.238. The lowest BCUT2D eigenvalue weighted by Crippen LogP contribution is -2.27. The molecule has 1 aliphatic heterocycles. The van der Waals surface area contributed by atoms with Crippen LogP contribution < -0.4 is 19.7 Å². The molecule has 162 valence electrons. The number of halogens is 3. The van der Waals surface area contributed by atoms with Crippen molar-refractivity contribution in [3.63, 3.8) is 0 Å². The largest absolute Gasteiger partial charge is 0.470 e. The van der Waals surface area contributed by atoms with E-state index < -0.39 is 12.3 Å². The van der Waals surface area contributed by atoms with Crippen LogP contribution in [0.2, 0.25) is 5.02 Å². The number of nitrogens with zero attached hydrogens (tertiary/aromatic N) is 2. The number of aromatic nitrogens is 2. The van der Waals surface area contributed by atoms with Gasteiger partial charge in [0.1, 0.15) is 18.0 Å². The molecule has 2 atom stereocenters. The molecule has 3 N–H and O–H groups in total. The first-order valence-corrected chi connectivity index (χ1v) is 10.3. The number of ether oxygens (including phenoxy) is 1. The summed E-state index contributed by atoms with van der Waals surface area (Å²) < 4.78 is 26.3. The van der Waals surface area contributed by atoms with Gasteiger partial charge in [-0.05, 0) is 17.7 Å². The quantitative estimate of drug-likeness (QED) is 0.432. The Morgan fingerprint density at radius 1 is 1.32 bits per heavy atom. The van der Waals surface area contributed by atoms with Gasteiger partial charge in [0, 0.05) is 43.1 Å². The number of rotatable bonds is 8. The smallest absolute Gasteiger partial charge is 0.216 e. The van der Waals surface area contributed by atoms with Gasteiger partial charge < -0.3 is 29.6 Å². The number of alkyl halides is 1. The first kappa shape index (κ1) is 21.4. The predicted molar refractivity (Wildman–Crippen MR) is 119 cm³/mol. The second kappa shape index (κ2) is 9.55. The van der Waals surface area contributed by atoms with Gasteiger partial charge in [0.15, 0.2) is 11.9 Å². The van der Waals surface area contributed by atoms with Crippen LogP contribution in [-0.2, 0) is 6.54 Å². The monoisotopic (exact) mass is 463 g/mol. The van der Waals surface area contributed by atoms with Gasteiger partial charge in [-0.1, -0.05) is 29.8 Å². The predicted octanol–water partition coefficient (Wildman–Crippen LogP) is 4.36. The van der Waals surface area contributed by atoms with Gasteiger partial charge >= 0.3 is 0 Å². The third-order valence-electron chi connectivity index (χ3n) is 5.01. The zero-order chi connectivity index (χ0) is 21.8. The minimum Gasteiger partial charge on any atom is -0.470 e. The second-order valence-corrected chi connectivity index (χ2v) is 7.53. The van der Waals surface area contributed by atoms with Crippen LogP contribution in [0.15, 0.2) is 48.8 Å². The molecule has 1 fully saturated rings. The Bertz CT molecular complexity index is 1080. The molecule has 1 aromatic carbocycles. The highest BCUT2D eigenvalue weighted by Crippen LogP contribution is 2.31. The minimum absolute atomic E-state index is 0.235. The molecule has 3 aromatic rings. The summed E-state index contributed by atoms with van der Waals surface area (Å²) in [6.07, 6.45) is 2.65. The molecule has 1 saturated heterocycles. The van der Waals surface area contributed by atoms with Gasteiger partial charge in [-0.15, -0.1) is 0 Å². The summed E-state index contributed by atoms with van der Waals surface area (Å²) in [5, 5.41) is 14.8. The molecule has 1 aliphatic rings. The Balaban J connectivity index is 1.61. The van der Waals surface area contributed by atoms with E-state index in [0.717, 1.165) is 11.3 Å². The van der Waals surface area contributed by atoms with Crippen LogP contribution >= 0.6 is 23.5 Å². The number of nitrogens with one attached hydrogen (secondary N) is 3. The molecule has 31 heavy (non-hydrogen) atoms. The zero-order valence-electron chi connectivity index (χ0n) is 16.3. The van der Waals surface area contributed by atoms with Gasteiger partial charge in [-0.2, -0.15) is 0 Å². The maximum absolute atomic E-state index is 13.9.